The van der Waals surface area contributed by atoms with E-state index in [1.165, 1.54) is 0 Å². The molecule has 0 aliphatic carbocycles. The van der Waals surface area contributed by atoms with Crippen LogP contribution in [-0.4, -0.2) is 24.5 Å². The summed E-state index contributed by atoms with van der Waals surface area (Å²) in [5, 5.41) is 4.79. The molecule has 0 spiro atoms. The molecule has 1 atom stereocenters. The van der Waals surface area contributed by atoms with Crippen molar-refractivity contribution in [3.63, 3.8) is 0 Å². The first-order chi connectivity index (χ1) is 11.5. The number of carbonyl (C=O) groups is 2. The molecule has 5 nitrogen and oxygen atoms in total. The topological polar surface area (TPSA) is 61.4 Å². The number of anilines is 2. The van der Waals surface area contributed by atoms with E-state index >= 15 is 0 Å². The van der Waals surface area contributed by atoms with Gasteiger partial charge in [-0.15, -0.1) is 0 Å². The summed E-state index contributed by atoms with van der Waals surface area (Å²) in [5.41, 5.74) is 0.607. The normalized spacial score (nSPS) is 17.0. The SMILES string of the molecule is O=C(Nc1ccc(F)cc1F)N[C@H]1CCN(c2ccccc2)C1=O. The number of hydrogen-bond donors (Lipinski definition) is 2. The number of nitrogens with zero attached hydrogens (tertiary/aromatic N) is 1. The fourth-order valence-corrected chi connectivity index (χ4v) is 2.59. The van der Waals surface area contributed by atoms with Crippen LogP contribution in [0.4, 0.5) is 25.0 Å². The Balaban J connectivity index is 1.62. The van der Waals surface area contributed by atoms with Gasteiger partial charge in [0.15, 0.2) is 0 Å². The minimum atomic E-state index is -0.881. The Kier molecular flexibility index (Phi) is 4.41. The number of halogens is 2. The molecule has 124 valence electrons. The van der Waals surface area contributed by atoms with Crippen LogP contribution in [0.15, 0.2) is 48.5 Å². The molecule has 7 heteroatoms. The first kappa shape index (κ1) is 15.9. The Morgan fingerprint density at radius 2 is 1.88 bits per heavy atom. The van der Waals surface area contributed by atoms with Crippen molar-refractivity contribution in [2.45, 2.75) is 12.5 Å². The van der Waals surface area contributed by atoms with Crippen LogP contribution < -0.4 is 15.5 Å². The van der Waals surface area contributed by atoms with Crippen molar-refractivity contribution < 1.29 is 18.4 Å². The number of benzene rings is 2. The lowest BCUT2D eigenvalue weighted by atomic mass is 10.2. The lowest BCUT2D eigenvalue weighted by Gasteiger charge is -2.17. The number of nitrogens with one attached hydrogen (secondary N) is 2. The third-order valence-electron chi connectivity index (χ3n) is 3.76. The van der Waals surface area contributed by atoms with E-state index in [0.717, 1.165) is 17.8 Å². The molecule has 0 aromatic heterocycles. The average molecular weight is 331 g/mol. The summed E-state index contributed by atoms with van der Waals surface area (Å²) in [4.78, 5) is 25.9. The smallest absolute Gasteiger partial charge is 0.319 e. The fraction of sp³-hybridized carbons (Fsp3) is 0.176. The second-order valence-corrected chi connectivity index (χ2v) is 5.39. The highest BCUT2D eigenvalue weighted by Gasteiger charge is 2.33. The van der Waals surface area contributed by atoms with Crippen molar-refractivity contribution in [2.24, 2.45) is 0 Å². The van der Waals surface area contributed by atoms with Gasteiger partial charge in [0.05, 0.1) is 5.69 Å². The summed E-state index contributed by atoms with van der Waals surface area (Å²) < 4.78 is 26.4. The maximum Gasteiger partial charge on any atom is 0.319 e. The van der Waals surface area contributed by atoms with Gasteiger partial charge in [0.2, 0.25) is 5.91 Å². The van der Waals surface area contributed by atoms with Gasteiger partial charge < -0.3 is 15.5 Å². The Morgan fingerprint density at radius 3 is 2.58 bits per heavy atom. The standard InChI is InChI=1S/C17H15F2N3O2/c18-11-6-7-14(13(19)10-11)20-17(24)21-15-8-9-22(16(15)23)12-4-2-1-3-5-12/h1-7,10,15H,8-9H2,(H2,20,21,24)/t15-/m0/s1. The van der Waals surface area contributed by atoms with Crippen LogP contribution in [0.2, 0.25) is 0 Å². The summed E-state index contributed by atoms with van der Waals surface area (Å²) in [6.45, 7) is 0.485. The van der Waals surface area contributed by atoms with Crippen molar-refractivity contribution >= 4 is 23.3 Å². The van der Waals surface area contributed by atoms with Gasteiger partial charge >= 0.3 is 6.03 Å². The van der Waals surface area contributed by atoms with Gasteiger partial charge in [-0.3, -0.25) is 4.79 Å². The minimum Gasteiger partial charge on any atom is -0.326 e. The van der Waals surface area contributed by atoms with Gasteiger partial charge in [-0.05, 0) is 30.7 Å². The number of amides is 3. The maximum atomic E-state index is 13.5. The molecule has 24 heavy (non-hydrogen) atoms. The lowest BCUT2D eigenvalue weighted by Crippen LogP contribution is -2.43. The van der Waals surface area contributed by atoms with Crippen LogP contribution in [0.25, 0.3) is 0 Å². The van der Waals surface area contributed by atoms with Crippen LogP contribution in [-0.2, 0) is 4.79 Å². The summed E-state index contributed by atoms with van der Waals surface area (Å²) in [7, 11) is 0. The molecule has 0 unspecified atom stereocenters. The fourth-order valence-electron chi connectivity index (χ4n) is 2.59. The Morgan fingerprint density at radius 1 is 1.12 bits per heavy atom. The quantitative estimate of drug-likeness (QED) is 0.908. The number of hydrogen-bond acceptors (Lipinski definition) is 2. The number of urea groups is 1. The minimum absolute atomic E-state index is 0.153. The highest BCUT2D eigenvalue weighted by atomic mass is 19.1. The number of para-hydroxylation sites is 1. The molecule has 2 aromatic rings. The molecule has 1 heterocycles. The Labute approximate surface area is 137 Å². The maximum absolute atomic E-state index is 13.5. The largest absolute Gasteiger partial charge is 0.326 e. The van der Waals surface area contributed by atoms with Crippen molar-refractivity contribution in [2.75, 3.05) is 16.8 Å². The number of rotatable bonds is 3. The first-order valence-corrected chi connectivity index (χ1v) is 7.43. The highest BCUT2D eigenvalue weighted by Crippen LogP contribution is 2.21. The van der Waals surface area contributed by atoms with Gasteiger partial charge in [-0.25, -0.2) is 13.6 Å². The zero-order valence-electron chi connectivity index (χ0n) is 12.6. The molecule has 1 aliphatic heterocycles. The van der Waals surface area contributed by atoms with Crippen LogP contribution in [0, 0.1) is 11.6 Å². The zero-order chi connectivity index (χ0) is 17.1. The van der Waals surface area contributed by atoms with E-state index in [0.29, 0.717) is 19.0 Å². The molecule has 3 amide bonds. The van der Waals surface area contributed by atoms with Gasteiger partial charge in [-0.2, -0.15) is 0 Å². The van der Waals surface area contributed by atoms with Gasteiger partial charge in [0, 0.05) is 18.3 Å². The van der Waals surface area contributed by atoms with E-state index < -0.39 is 23.7 Å². The predicted octanol–water partition coefficient (Wildman–Crippen LogP) is 2.89. The molecule has 1 fully saturated rings. The second-order valence-electron chi connectivity index (χ2n) is 5.39. The van der Waals surface area contributed by atoms with Crippen LogP contribution in [0.3, 0.4) is 0 Å². The van der Waals surface area contributed by atoms with Gasteiger partial charge in [-0.1, -0.05) is 18.2 Å². The molecule has 1 aliphatic rings. The molecule has 0 bridgehead atoms. The molecular weight excluding hydrogens is 316 g/mol. The lowest BCUT2D eigenvalue weighted by molar-refractivity contribution is -0.118. The third-order valence-corrected chi connectivity index (χ3v) is 3.76. The predicted molar refractivity (Wildman–Crippen MR) is 85.7 cm³/mol. The van der Waals surface area contributed by atoms with E-state index in [2.05, 4.69) is 10.6 Å². The third kappa shape index (κ3) is 3.34. The van der Waals surface area contributed by atoms with Crippen LogP contribution in [0.5, 0.6) is 0 Å². The summed E-state index contributed by atoms with van der Waals surface area (Å²) in [6.07, 6.45) is 0.451. The summed E-state index contributed by atoms with van der Waals surface area (Å²) in [6, 6.07) is 10.6. The van der Waals surface area contributed by atoms with Crippen molar-refractivity contribution in [1.29, 1.82) is 0 Å². The molecule has 3 rings (SSSR count). The Hall–Kier alpha value is -2.96. The van der Waals surface area contributed by atoms with Crippen LogP contribution >= 0.6 is 0 Å². The monoisotopic (exact) mass is 331 g/mol. The van der Waals surface area contributed by atoms with Crippen molar-refractivity contribution in [1.82, 2.24) is 5.32 Å². The van der Waals surface area contributed by atoms with Crippen molar-refractivity contribution in [3.05, 3.63) is 60.2 Å². The molecule has 2 aromatic carbocycles. The summed E-state index contributed by atoms with van der Waals surface area (Å²) in [5.74, 6) is -1.84. The van der Waals surface area contributed by atoms with E-state index in [9.17, 15) is 18.4 Å². The second kappa shape index (κ2) is 6.66. The zero-order valence-corrected chi connectivity index (χ0v) is 12.6. The molecule has 0 saturated carbocycles. The van der Waals surface area contributed by atoms with Crippen molar-refractivity contribution in [3.8, 4) is 0 Å². The van der Waals surface area contributed by atoms with E-state index in [4.69, 9.17) is 0 Å². The van der Waals surface area contributed by atoms with E-state index in [1.807, 2.05) is 30.3 Å². The van der Waals surface area contributed by atoms with Gasteiger partial charge in [0.25, 0.3) is 0 Å². The highest BCUT2D eigenvalue weighted by molar-refractivity contribution is 6.02. The number of carbonyl (C=O) groups excluding carboxylic acids is 2. The van der Waals surface area contributed by atoms with Crippen LogP contribution in [0.1, 0.15) is 6.42 Å². The average Bonchev–Trinajstić information content (AvgIpc) is 2.92. The summed E-state index contributed by atoms with van der Waals surface area (Å²) >= 11 is 0. The Bertz CT molecular complexity index is 768. The first-order valence-electron chi connectivity index (χ1n) is 7.43. The molecular formula is C17H15F2N3O2. The molecule has 0 radical (unpaired) electrons. The van der Waals surface area contributed by atoms with E-state index in [1.54, 1.807) is 4.90 Å². The molecule has 1 saturated heterocycles. The molecule has 2 N–H and O–H groups in total. The van der Waals surface area contributed by atoms with Gasteiger partial charge in [0.1, 0.15) is 17.7 Å². The van der Waals surface area contributed by atoms with E-state index in [-0.39, 0.29) is 11.6 Å².